The van der Waals surface area contributed by atoms with Crippen molar-refractivity contribution in [3.8, 4) is 0 Å². The number of anilines is 2. The van der Waals surface area contributed by atoms with Gasteiger partial charge in [0.1, 0.15) is 0 Å². The molecule has 88 valence electrons. The normalized spacial score (nSPS) is 11.9. The van der Waals surface area contributed by atoms with E-state index in [4.69, 9.17) is 17.2 Å². The van der Waals surface area contributed by atoms with Crippen molar-refractivity contribution in [2.45, 2.75) is 0 Å². The number of fused-ring (bicyclic) bond motifs is 1. The van der Waals surface area contributed by atoms with Crippen LogP contribution in [-0.4, -0.2) is 37.7 Å². The van der Waals surface area contributed by atoms with Crippen molar-refractivity contribution < 1.29 is 0 Å². The fraction of sp³-hybridized carbons (Fsp3) is 0.143. The number of nitrogens with two attached hydrogens (primary N) is 3. The predicted molar refractivity (Wildman–Crippen MR) is 61.2 cm³/mol. The van der Waals surface area contributed by atoms with E-state index in [1.165, 1.54) is 4.40 Å². The van der Waals surface area contributed by atoms with Crippen LogP contribution in [0.3, 0.4) is 0 Å². The summed E-state index contributed by atoms with van der Waals surface area (Å²) in [7, 11) is 0. The van der Waals surface area contributed by atoms with Crippen molar-refractivity contribution in [1.29, 1.82) is 0 Å². The van der Waals surface area contributed by atoms with E-state index >= 15 is 0 Å². The number of nitrogens with zero attached hydrogens (tertiary/aromatic N) is 7. The zero-order chi connectivity index (χ0) is 12.4. The first-order valence-corrected chi connectivity index (χ1v) is 4.52. The van der Waals surface area contributed by atoms with Crippen LogP contribution in [0.2, 0.25) is 0 Å². The van der Waals surface area contributed by atoms with Gasteiger partial charge in [-0.05, 0) is 6.72 Å². The smallest absolute Gasteiger partial charge is 0.246 e. The molecule has 0 aliphatic heterocycles. The number of nitrogen functional groups attached to an aromatic ring is 2. The number of hydrogen-bond donors (Lipinski definition) is 3. The van der Waals surface area contributed by atoms with Gasteiger partial charge in [-0.25, -0.2) is 14.4 Å². The zero-order valence-electron chi connectivity index (χ0n) is 8.78. The Hall–Kier alpha value is -2.62. The van der Waals surface area contributed by atoms with Gasteiger partial charge < -0.3 is 17.2 Å². The Morgan fingerprint density at radius 1 is 1.12 bits per heavy atom. The van der Waals surface area contributed by atoms with E-state index in [9.17, 15) is 0 Å². The van der Waals surface area contributed by atoms with Gasteiger partial charge in [0, 0.05) is 0 Å². The average Bonchev–Trinajstić information content (AvgIpc) is 2.27. The molecular formula is C7H10N10. The van der Waals surface area contributed by atoms with Gasteiger partial charge in [0.05, 0.1) is 6.67 Å². The van der Waals surface area contributed by atoms with E-state index in [1.807, 2.05) is 0 Å². The summed E-state index contributed by atoms with van der Waals surface area (Å²) in [5, 5.41) is 0. The highest BCUT2D eigenvalue weighted by atomic mass is 15.3. The molecule has 0 radical (unpaired) electrons. The third kappa shape index (κ3) is 1.88. The standard InChI is InChI=1S/C7H10N10/c1-11-5-13-3(9)15-7-16-4(10)14-6(12-2-8)17(5)7/h1-2,8H2,(H4,9,10,12,14,15,16). The molecule has 2 aromatic rings. The minimum atomic E-state index is 0.00389. The Labute approximate surface area is 95.0 Å². The Kier molecular flexibility index (Phi) is 2.62. The van der Waals surface area contributed by atoms with Crippen molar-refractivity contribution >= 4 is 30.3 Å². The summed E-state index contributed by atoms with van der Waals surface area (Å²) in [6, 6.07) is 0. The van der Waals surface area contributed by atoms with Gasteiger partial charge in [0.15, 0.2) is 0 Å². The molecule has 10 heteroatoms. The number of aromatic nitrogens is 5. The molecule has 0 aliphatic carbocycles. The lowest BCUT2D eigenvalue weighted by atomic mass is 10.7. The summed E-state index contributed by atoms with van der Waals surface area (Å²) in [4.78, 5) is 23.2. The summed E-state index contributed by atoms with van der Waals surface area (Å²) in [6.07, 6.45) is 0. The second kappa shape index (κ2) is 4.09. The van der Waals surface area contributed by atoms with Gasteiger partial charge in [-0.2, -0.15) is 19.9 Å². The highest BCUT2D eigenvalue weighted by Crippen LogP contribution is 2.08. The fourth-order valence-corrected chi connectivity index (χ4v) is 1.25. The number of aliphatic imine (C=N–C) groups is 1. The van der Waals surface area contributed by atoms with Crippen LogP contribution in [0.5, 0.6) is 0 Å². The van der Waals surface area contributed by atoms with E-state index in [0.717, 1.165) is 0 Å². The molecule has 0 spiro atoms. The molecule has 6 N–H and O–H groups in total. The molecule has 2 aromatic heterocycles. The maximum Gasteiger partial charge on any atom is 0.246 e. The largest absolute Gasteiger partial charge is 0.368 e. The van der Waals surface area contributed by atoms with Crippen LogP contribution < -0.4 is 22.8 Å². The summed E-state index contributed by atoms with van der Waals surface area (Å²) in [6.45, 7) is 3.40. The minimum absolute atomic E-state index is 0.00389. The molecule has 17 heavy (non-hydrogen) atoms. The van der Waals surface area contributed by atoms with Gasteiger partial charge in [-0.1, -0.05) is 0 Å². The lowest BCUT2D eigenvalue weighted by Gasteiger charge is -2.04. The molecule has 0 unspecified atom stereocenters. The molecule has 0 saturated heterocycles. The van der Waals surface area contributed by atoms with Gasteiger partial charge in [-0.3, -0.25) is 0 Å². The van der Waals surface area contributed by atoms with Crippen molar-refractivity contribution in [2.24, 2.45) is 15.7 Å². The van der Waals surface area contributed by atoms with Crippen molar-refractivity contribution in [3.05, 3.63) is 5.62 Å². The fourth-order valence-electron chi connectivity index (χ4n) is 1.25. The second-order valence-corrected chi connectivity index (χ2v) is 2.90. The number of rotatable bonds is 2. The van der Waals surface area contributed by atoms with E-state index < -0.39 is 0 Å². The summed E-state index contributed by atoms with van der Waals surface area (Å²) < 4.78 is 1.35. The van der Waals surface area contributed by atoms with Crippen LogP contribution in [0.25, 0.3) is 5.78 Å². The summed E-state index contributed by atoms with van der Waals surface area (Å²) in [5.41, 5.74) is 16.5. The first-order valence-electron chi connectivity index (χ1n) is 4.52. The lowest BCUT2D eigenvalue weighted by Crippen LogP contribution is -2.25. The SMILES string of the molecule is C=Nc1nc(N)nc2nc(N)nc(=NCN)n12. The molecule has 0 atom stereocenters. The first kappa shape index (κ1) is 10.9. The summed E-state index contributed by atoms with van der Waals surface area (Å²) in [5.74, 6) is 0.355. The molecule has 10 nitrogen and oxygen atoms in total. The minimum Gasteiger partial charge on any atom is -0.368 e. The van der Waals surface area contributed by atoms with Crippen molar-refractivity contribution in [2.75, 3.05) is 18.1 Å². The molecule has 0 aliphatic rings. The third-order valence-corrected chi connectivity index (χ3v) is 1.83. The van der Waals surface area contributed by atoms with Gasteiger partial charge >= 0.3 is 0 Å². The third-order valence-electron chi connectivity index (χ3n) is 1.83. The van der Waals surface area contributed by atoms with Crippen LogP contribution in [0.4, 0.5) is 17.8 Å². The first-order chi connectivity index (χ1) is 8.15. The molecule has 0 fully saturated rings. The molecule has 0 amide bonds. The monoisotopic (exact) mass is 234 g/mol. The molecular weight excluding hydrogens is 224 g/mol. The molecule has 0 bridgehead atoms. The van der Waals surface area contributed by atoms with Crippen LogP contribution in [0.1, 0.15) is 0 Å². The molecule has 0 aromatic carbocycles. The van der Waals surface area contributed by atoms with Gasteiger partial charge in [0.25, 0.3) is 0 Å². The predicted octanol–water partition coefficient (Wildman–Crippen LogP) is -2.17. The van der Waals surface area contributed by atoms with E-state index in [2.05, 4.69) is 36.6 Å². The van der Waals surface area contributed by atoms with Crippen LogP contribution >= 0.6 is 0 Å². The van der Waals surface area contributed by atoms with Crippen molar-refractivity contribution in [1.82, 2.24) is 24.3 Å². The van der Waals surface area contributed by atoms with Crippen LogP contribution in [0.15, 0.2) is 9.98 Å². The Morgan fingerprint density at radius 2 is 1.76 bits per heavy atom. The quantitative estimate of drug-likeness (QED) is 0.498. The molecule has 2 heterocycles. The number of hydrogen-bond acceptors (Lipinski definition) is 9. The highest BCUT2D eigenvalue weighted by molar-refractivity contribution is 5.45. The summed E-state index contributed by atoms with van der Waals surface area (Å²) >= 11 is 0. The van der Waals surface area contributed by atoms with E-state index in [-0.39, 0.29) is 35.9 Å². The van der Waals surface area contributed by atoms with Crippen molar-refractivity contribution in [3.63, 3.8) is 0 Å². The Morgan fingerprint density at radius 3 is 2.35 bits per heavy atom. The Balaban J connectivity index is 2.99. The Bertz CT molecular complexity index is 636. The maximum absolute atomic E-state index is 5.51. The van der Waals surface area contributed by atoms with E-state index in [1.54, 1.807) is 0 Å². The van der Waals surface area contributed by atoms with E-state index in [0.29, 0.717) is 0 Å². The van der Waals surface area contributed by atoms with Gasteiger partial charge in [0.2, 0.25) is 29.2 Å². The molecule has 0 saturated carbocycles. The maximum atomic E-state index is 5.51. The topological polar surface area (TPSA) is 159 Å². The average molecular weight is 234 g/mol. The second-order valence-electron chi connectivity index (χ2n) is 2.90. The highest BCUT2D eigenvalue weighted by Gasteiger charge is 2.08. The van der Waals surface area contributed by atoms with Gasteiger partial charge in [-0.15, -0.1) is 0 Å². The lowest BCUT2D eigenvalue weighted by molar-refractivity contribution is 0.824. The van der Waals surface area contributed by atoms with Crippen LogP contribution in [-0.2, 0) is 0 Å². The zero-order valence-corrected chi connectivity index (χ0v) is 8.78. The van der Waals surface area contributed by atoms with Crippen LogP contribution in [0, 0.1) is 0 Å². The molecule has 2 rings (SSSR count).